The number of pyridine rings is 1. The van der Waals surface area contributed by atoms with Gasteiger partial charge in [0.15, 0.2) is 0 Å². The maximum Gasteiger partial charge on any atom is 0.328 e. The number of aromatic nitrogens is 7. The van der Waals surface area contributed by atoms with Crippen LogP contribution in [0, 0.1) is 11.8 Å². The summed E-state index contributed by atoms with van der Waals surface area (Å²) >= 11 is 0. The predicted octanol–water partition coefficient (Wildman–Crippen LogP) is 6.06. The fraction of sp³-hybridized carbons (Fsp3) is 0.500. The minimum atomic E-state index is 0.119. The van der Waals surface area contributed by atoms with E-state index in [4.69, 9.17) is 4.98 Å². The van der Waals surface area contributed by atoms with Crippen molar-refractivity contribution in [1.29, 1.82) is 0 Å². The molecule has 1 saturated carbocycles. The van der Waals surface area contributed by atoms with Crippen LogP contribution in [-0.4, -0.2) is 34.7 Å². The smallest absolute Gasteiger partial charge is 0.295 e. The lowest BCUT2D eigenvalue weighted by Crippen LogP contribution is -2.37. The predicted molar refractivity (Wildman–Crippen MR) is 150 cm³/mol. The molecule has 200 valence electrons. The van der Waals surface area contributed by atoms with Crippen LogP contribution in [0.5, 0.6) is 0 Å². The van der Waals surface area contributed by atoms with Gasteiger partial charge in [-0.15, -0.1) is 10.2 Å². The third-order valence-electron chi connectivity index (χ3n) is 8.33. The lowest BCUT2D eigenvalue weighted by molar-refractivity contribution is 0.145. The molecule has 3 heterocycles. The van der Waals surface area contributed by atoms with Gasteiger partial charge in [-0.05, 0) is 54.4 Å². The van der Waals surface area contributed by atoms with Crippen LogP contribution in [-0.2, 0) is 13.0 Å². The van der Waals surface area contributed by atoms with Crippen LogP contribution in [0.4, 0.5) is 0 Å². The van der Waals surface area contributed by atoms with Crippen LogP contribution in [0.1, 0.15) is 83.1 Å². The topological polar surface area (TPSA) is 94.3 Å². The standard InChI is InChI=1S/C30H39N7O/c1-4-7-13-25-20-37(28-21(5-2)11-10-12-22(28)6-3)30(38)36(25)19-24-17-16-23(18-31-24)26-14-8-9-15-27(26)29-32-34-35-33-29/h8-9,14-18,20-22,28H,4-7,10-13,19H2,1-3H3,(H,32,33,34,35). The lowest BCUT2D eigenvalue weighted by atomic mass is 9.74. The van der Waals surface area contributed by atoms with Crippen molar-refractivity contribution >= 4 is 0 Å². The Kier molecular flexibility index (Phi) is 8.15. The fourth-order valence-corrected chi connectivity index (χ4v) is 6.25. The molecule has 38 heavy (non-hydrogen) atoms. The van der Waals surface area contributed by atoms with Crippen molar-refractivity contribution in [2.45, 2.75) is 84.7 Å². The molecule has 1 fully saturated rings. The van der Waals surface area contributed by atoms with Gasteiger partial charge in [0.25, 0.3) is 0 Å². The molecule has 0 radical (unpaired) electrons. The zero-order valence-corrected chi connectivity index (χ0v) is 22.8. The van der Waals surface area contributed by atoms with E-state index in [9.17, 15) is 4.79 Å². The summed E-state index contributed by atoms with van der Waals surface area (Å²) in [5.74, 6) is 1.69. The van der Waals surface area contributed by atoms with E-state index in [1.54, 1.807) is 0 Å². The molecule has 1 N–H and O–H groups in total. The highest BCUT2D eigenvalue weighted by atomic mass is 16.1. The normalized spacial score (nSPS) is 19.6. The van der Waals surface area contributed by atoms with Crippen LogP contribution in [0.3, 0.4) is 0 Å². The number of rotatable bonds is 10. The Labute approximate surface area is 224 Å². The number of aromatic amines is 1. The molecule has 5 rings (SSSR count). The van der Waals surface area contributed by atoms with Gasteiger partial charge >= 0.3 is 5.69 Å². The van der Waals surface area contributed by atoms with Gasteiger partial charge in [-0.25, -0.2) is 4.79 Å². The molecule has 0 spiro atoms. The van der Waals surface area contributed by atoms with Gasteiger partial charge in [0.1, 0.15) is 0 Å². The number of nitrogens with zero attached hydrogens (tertiary/aromatic N) is 6. The summed E-state index contributed by atoms with van der Waals surface area (Å²) in [7, 11) is 0. The summed E-state index contributed by atoms with van der Waals surface area (Å²) in [6.45, 7) is 7.24. The van der Waals surface area contributed by atoms with Crippen molar-refractivity contribution in [1.82, 2.24) is 34.7 Å². The van der Waals surface area contributed by atoms with Gasteiger partial charge < -0.3 is 0 Å². The number of hydrogen-bond acceptors (Lipinski definition) is 5. The van der Waals surface area contributed by atoms with Crippen molar-refractivity contribution in [2.75, 3.05) is 0 Å². The van der Waals surface area contributed by atoms with Gasteiger partial charge in [-0.1, -0.05) is 76.8 Å². The number of benzene rings is 1. The van der Waals surface area contributed by atoms with Crippen molar-refractivity contribution in [3.63, 3.8) is 0 Å². The average molecular weight is 514 g/mol. The molecule has 8 heteroatoms. The first-order valence-corrected chi connectivity index (χ1v) is 14.2. The Hall–Kier alpha value is -3.55. The first-order valence-electron chi connectivity index (χ1n) is 14.2. The number of unbranched alkanes of at least 4 members (excludes halogenated alkanes) is 1. The summed E-state index contributed by atoms with van der Waals surface area (Å²) in [6.07, 6.45) is 13.1. The average Bonchev–Trinajstić information content (AvgIpc) is 3.61. The maximum absolute atomic E-state index is 13.9. The van der Waals surface area contributed by atoms with E-state index in [0.717, 1.165) is 60.2 Å². The van der Waals surface area contributed by atoms with Crippen LogP contribution in [0.25, 0.3) is 22.5 Å². The second-order valence-electron chi connectivity index (χ2n) is 10.6. The third-order valence-corrected chi connectivity index (χ3v) is 8.33. The van der Waals surface area contributed by atoms with E-state index in [2.05, 4.69) is 58.2 Å². The largest absolute Gasteiger partial charge is 0.328 e. The van der Waals surface area contributed by atoms with E-state index < -0.39 is 0 Å². The van der Waals surface area contributed by atoms with Crippen LogP contribution >= 0.6 is 0 Å². The van der Waals surface area contributed by atoms with Crippen LogP contribution < -0.4 is 5.69 Å². The molecule has 1 aliphatic rings. The highest BCUT2D eigenvalue weighted by molar-refractivity contribution is 5.79. The number of hydrogen-bond donors (Lipinski definition) is 1. The van der Waals surface area contributed by atoms with Crippen LogP contribution in [0.15, 0.2) is 53.6 Å². The fourth-order valence-electron chi connectivity index (χ4n) is 6.25. The number of H-pyrrole nitrogens is 1. The second kappa shape index (κ2) is 11.9. The zero-order chi connectivity index (χ0) is 26.5. The summed E-state index contributed by atoms with van der Waals surface area (Å²) in [5, 5.41) is 14.5. The molecular weight excluding hydrogens is 474 g/mol. The van der Waals surface area contributed by atoms with Gasteiger partial charge in [-0.3, -0.25) is 14.1 Å². The molecule has 2 atom stereocenters. The van der Waals surface area contributed by atoms with Crippen molar-refractivity contribution < 1.29 is 0 Å². The lowest BCUT2D eigenvalue weighted by Gasteiger charge is -2.38. The number of nitrogens with one attached hydrogen (secondary N) is 1. The van der Waals surface area contributed by atoms with Gasteiger partial charge in [0.2, 0.25) is 5.82 Å². The molecule has 3 aromatic heterocycles. The SMILES string of the molecule is CCCCc1cn(C2C(CC)CCCC2CC)c(=O)n1Cc1ccc(-c2ccccc2-c2nn[nH]n2)cn1. The summed E-state index contributed by atoms with van der Waals surface area (Å²) in [5.41, 5.74) is 4.99. The Morgan fingerprint density at radius 1 is 1.00 bits per heavy atom. The minimum Gasteiger partial charge on any atom is -0.295 e. The minimum absolute atomic E-state index is 0.119. The Bertz CT molecular complexity index is 1360. The second-order valence-corrected chi connectivity index (χ2v) is 10.6. The van der Waals surface area contributed by atoms with Crippen molar-refractivity contribution in [2.24, 2.45) is 11.8 Å². The summed E-state index contributed by atoms with van der Waals surface area (Å²) in [6, 6.07) is 12.4. The highest BCUT2D eigenvalue weighted by Crippen LogP contribution is 2.41. The number of aryl methyl sites for hydroxylation is 1. The van der Waals surface area contributed by atoms with Gasteiger partial charge in [0.05, 0.1) is 12.2 Å². The summed E-state index contributed by atoms with van der Waals surface area (Å²) < 4.78 is 4.07. The Balaban J connectivity index is 1.46. The first kappa shape index (κ1) is 26.1. The molecule has 2 unspecified atom stereocenters. The third kappa shape index (κ3) is 5.22. The first-order chi connectivity index (χ1) is 18.6. The van der Waals surface area contributed by atoms with Crippen molar-refractivity contribution in [3.8, 4) is 22.5 Å². The van der Waals surface area contributed by atoms with E-state index in [-0.39, 0.29) is 5.69 Å². The number of tetrazole rings is 1. The van der Waals surface area contributed by atoms with Gasteiger partial charge in [0, 0.05) is 35.3 Å². The van der Waals surface area contributed by atoms with E-state index in [0.29, 0.717) is 30.2 Å². The zero-order valence-electron chi connectivity index (χ0n) is 22.8. The van der Waals surface area contributed by atoms with Crippen LogP contribution in [0.2, 0.25) is 0 Å². The Morgan fingerprint density at radius 2 is 1.76 bits per heavy atom. The monoisotopic (exact) mass is 513 g/mol. The van der Waals surface area contributed by atoms with Crippen molar-refractivity contribution in [3.05, 3.63) is 70.7 Å². The molecule has 0 amide bonds. The Morgan fingerprint density at radius 3 is 2.39 bits per heavy atom. The molecule has 0 aliphatic heterocycles. The van der Waals surface area contributed by atoms with E-state index in [1.165, 1.54) is 19.3 Å². The molecule has 0 saturated heterocycles. The molecule has 4 aromatic rings. The molecular formula is C30H39N7O. The van der Waals surface area contributed by atoms with E-state index >= 15 is 0 Å². The number of imidazole rings is 1. The summed E-state index contributed by atoms with van der Waals surface area (Å²) in [4.78, 5) is 18.7. The quantitative estimate of drug-likeness (QED) is 0.278. The highest BCUT2D eigenvalue weighted by Gasteiger charge is 2.34. The maximum atomic E-state index is 13.9. The molecule has 0 bridgehead atoms. The van der Waals surface area contributed by atoms with E-state index in [1.807, 2.05) is 41.1 Å². The molecule has 1 aliphatic carbocycles. The molecule has 8 nitrogen and oxygen atoms in total. The molecule has 1 aromatic carbocycles. The van der Waals surface area contributed by atoms with Gasteiger partial charge in [-0.2, -0.15) is 5.21 Å².